The second-order valence-corrected chi connectivity index (χ2v) is 8.58. The van der Waals surface area contributed by atoms with Gasteiger partial charge < -0.3 is 18.9 Å². The zero-order valence-electron chi connectivity index (χ0n) is 17.2. The van der Waals surface area contributed by atoms with Crippen molar-refractivity contribution in [2.45, 2.75) is 44.3 Å². The van der Waals surface area contributed by atoms with Crippen molar-refractivity contribution in [3.05, 3.63) is 23.8 Å². The quantitative estimate of drug-likeness (QED) is 0.320. The Labute approximate surface area is 173 Å². The van der Waals surface area contributed by atoms with E-state index in [1.54, 1.807) is 19.4 Å². The van der Waals surface area contributed by atoms with Crippen molar-refractivity contribution in [3.63, 3.8) is 0 Å². The molecule has 9 nitrogen and oxygen atoms in total. The minimum Gasteiger partial charge on any atom is -0.382 e. The van der Waals surface area contributed by atoms with Crippen LogP contribution in [0.5, 0.6) is 0 Å². The summed E-state index contributed by atoms with van der Waals surface area (Å²) in [5.74, 6) is 1.00. The summed E-state index contributed by atoms with van der Waals surface area (Å²) in [5, 5.41) is 0. The predicted octanol–water partition coefficient (Wildman–Crippen LogP) is 1.68. The Morgan fingerprint density at radius 1 is 1.00 bits per heavy atom. The number of nitrogens with zero attached hydrogens (tertiary/aromatic N) is 2. The summed E-state index contributed by atoms with van der Waals surface area (Å²) < 4.78 is 48.7. The molecule has 0 bridgehead atoms. The van der Waals surface area contributed by atoms with Gasteiger partial charge in [-0.2, -0.15) is 8.42 Å². The molecule has 0 spiro atoms. The first-order valence-electron chi connectivity index (χ1n) is 9.90. The van der Waals surface area contributed by atoms with Gasteiger partial charge in [-0.15, -0.1) is 0 Å². The number of hydrogen-bond acceptors (Lipinski definition) is 9. The van der Waals surface area contributed by atoms with Crippen LogP contribution in [0.2, 0.25) is 0 Å². The first kappa shape index (κ1) is 24.1. The van der Waals surface area contributed by atoms with E-state index >= 15 is 0 Å². The van der Waals surface area contributed by atoms with Gasteiger partial charge in [-0.05, 0) is 31.7 Å². The maximum absolute atomic E-state index is 11.1. The minimum atomic E-state index is -3.49. The zero-order valence-corrected chi connectivity index (χ0v) is 18.1. The Balaban J connectivity index is 1.60. The first-order valence-corrected chi connectivity index (χ1v) is 11.7. The lowest BCUT2D eigenvalue weighted by Crippen LogP contribution is -2.23. The van der Waals surface area contributed by atoms with Crippen LogP contribution >= 0.6 is 0 Å². The Morgan fingerprint density at radius 3 is 2.31 bits per heavy atom. The zero-order chi connectivity index (χ0) is 21.0. The molecule has 0 radical (unpaired) electrons. The van der Waals surface area contributed by atoms with Crippen LogP contribution in [0, 0.1) is 0 Å². The second-order valence-electron chi connectivity index (χ2n) is 6.93. The molecule has 1 aromatic heterocycles. The van der Waals surface area contributed by atoms with Gasteiger partial charge in [0, 0.05) is 19.2 Å². The molecule has 0 amide bonds. The molecule has 166 valence electrons. The number of ether oxygens (including phenoxy) is 4. The van der Waals surface area contributed by atoms with Crippen molar-refractivity contribution in [2.24, 2.45) is 0 Å². The van der Waals surface area contributed by atoms with Gasteiger partial charge in [0.05, 0.1) is 57.7 Å². The van der Waals surface area contributed by atoms with Crippen LogP contribution in [0.25, 0.3) is 0 Å². The fourth-order valence-corrected chi connectivity index (χ4v) is 3.42. The van der Waals surface area contributed by atoms with Crippen LogP contribution in [0.3, 0.4) is 0 Å². The Bertz CT molecular complexity index is 679. The van der Waals surface area contributed by atoms with E-state index in [4.69, 9.17) is 23.1 Å². The van der Waals surface area contributed by atoms with Crippen LogP contribution < -0.4 is 0 Å². The lowest BCUT2D eigenvalue weighted by molar-refractivity contribution is -0.0269. The predicted molar refractivity (Wildman–Crippen MR) is 106 cm³/mol. The van der Waals surface area contributed by atoms with E-state index in [0.717, 1.165) is 37.8 Å². The fraction of sp³-hybridized carbons (Fsp3) is 0.789. The average molecular weight is 433 g/mol. The molecular formula is C19H32N2O7S. The highest BCUT2D eigenvalue weighted by molar-refractivity contribution is 7.85. The molecule has 0 unspecified atom stereocenters. The molecule has 0 saturated heterocycles. The van der Waals surface area contributed by atoms with Gasteiger partial charge in [-0.25, -0.2) is 9.97 Å². The lowest BCUT2D eigenvalue weighted by Gasteiger charge is -2.27. The van der Waals surface area contributed by atoms with Crippen LogP contribution in [-0.2, 0) is 39.9 Å². The average Bonchev–Trinajstić information content (AvgIpc) is 2.71. The lowest BCUT2D eigenvalue weighted by atomic mass is 9.87. The molecule has 0 N–H and O–H groups in total. The van der Waals surface area contributed by atoms with E-state index < -0.39 is 10.1 Å². The van der Waals surface area contributed by atoms with Crippen molar-refractivity contribution >= 4 is 10.1 Å². The van der Waals surface area contributed by atoms with Crippen molar-refractivity contribution in [3.8, 4) is 0 Å². The van der Waals surface area contributed by atoms with E-state index in [1.165, 1.54) is 0 Å². The van der Waals surface area contributed by atoms with Crippen molar-refractivity contribution < 1.29 is 31.5 Å². The molecular weight excluding hydrogens is 400 g/mol. The largest absolute Gasteiger partial charge is 0.382 e. The van der Waals surface area contributed by atoms with Crippen molar-refractivity contribution in [2.75, 3.05) is 53.0 Å². The summed E-state index contributed by atoms with van der Waals surface area (Å²) in [6, 6.07) is 1.67. The first-order chi connectivity index (χ1) is 14.0. The number of rotatable bonds is 14. The van der Waals surface area contributed by atoms with Crippen LogP contribution in [0.4, 0.5) is 0 Å². The number of hydrogen-bond donors (Lipinski definition) is 0. The minimum absolute atomic E-state index is 0.0652. The molecule has 1 saturated carbocycles. The van der Waals surface area contributed by atoms with Gasteiger partial charge in [-0.3, -0.25) is 4.18 Å². The van der Waals surface area contributed by atoms with Gasteiger partial charge in [0.2, 0.25) is 0 Å². The molecule has 0 atom stereocenters. The van der Waals surface area contributed by atoms with Crippen molar-refractivity contribution in [1.29, 1.82) is 0 Å². The maximum atomic E-state index is 11.1. The third kappa shape index (κ3) is 10.4. The summed E-state index contributed by atoms with van der Waals surface area (Å²) in [4.78, 5) is 8.82. The molecule has 1 heterocycles. The van der Waals surface area contributed by atoms with Gasteiger partial charge in [-0.1, -0.05) is 0 Å². The van der Waals surface area contributed by atoms with Crippen molar-refractivity contribution in [1.82, 2.24) is 9.97 Å². The van der Waals surface area contributed by atoms with E-state index in [0.29, 0.717) is 45.3 Å². The molecule has 29 heavy (non-hydrogen) atoms. The molecule has 1 aliphatic carbocycles. The molecule has 1 aliphatic rings. The summed E-state index contributed by atoms with van der Waals surface area (Å²) >= 11 is 0. The molecule has 1 fully saturated rings. The monoisotopic (exact) mass is 432 g/mol. The van der Waals surface area contributed by atoms with E-state index in [2.05, 4.69) is 9.97 Å². The summed E-state index contributed by atoms with van der Waals surface area (Å²) in [7, 11) is -1.84. The van der Waals surface area contributed by atoms with Gasteiger partial charge in [0.1, 0.15) is 12.4 Å². The number of aromatic nitrogens is 2. The van der Waals surface area contributed by atoms with Gasteiger partial charge in [0.15, 0.2) is 0 Å². The van der Waals surface area contributed by atoms with Crippen LogP contribution in [0.15, 0.2) is 12.3 Å². The molecule has 1 aromatic rings. The van der Waals surface area contributed by atoms with E-state index in [1.807, 2.05) is 0 Å². The van der Waals surface area contributed by atoms with E-state index in [-0.39, 0.29) is 18.6 Å². The standard InChI is InChI=1S/C19H32N2O7S/c1-24-9-10-25-11-12-26-13-14-27-18-5-3-16(4-6-18)19-20-8-7-17(21-19)15-28-29(2,22)23/h7-8,16,18H,3-6,9-15H2,1-2H3/t16-,18-. The summed E-state index contributed by atoms with van der Waals surface area (Å²) in [5.41, 5.74) is 0.571. The normalized spacial score (nSPS) is 20.1. The smallest absolute Gasteiger partial charge is 0.264 e. The van der Waals surface area contributed by atoms with Crippen LogP contribution in [-0.4, -0.2) is 77.5 Å². The third-order valence-corrected chi connectivity index (χ3v) is 5.12. The molecule has 0 aliphatic heterocycles. The SMILES string of the molecule is COCCOCCOCCO[C@H]1CC[C@H](c2nccc(COS(C)(=O)=O)n2)CC1. The Kier molecular flexibility index (Phi) is 11.0. The molecule has 10 heteroatoms. The fourth-order valence-electron chi connectivity index (χ4n) is 3.08. The Hall–Kier alpha value is -1.17. The van der Waals surface area contributed by atoms with Crippen LogP contribution in [0.1, 0.15) is 43.1 Å². The van der Waals surface area contributed by atoms with Gasteiger partial charge in [0.25, 0.3) is 10.1 Å². The summed E-state index contributed by atoms with van der Waals surface area (Å²) in [6.07, 6.45) is 6.67. The molecule has 0 aromatic carbocycles. The number of methoxy groups -OCH3 is 1. The summed E-state index contributed by atoms with van der Waals surface area (Å²) in [6.45, 7) is 3.34. The van der Waals surface area contributed by atoms with E-state index in [9.17, 15) is 8.42 Å². The highest BCUT2D eigenvalue weighted by atomic mass is 32.2. The molecule has 2 rings (SSSR count). The van der Waals surface area contributed by atoms with Gasteiger partial charge >= 0.3 is 0 Å². The highest BCUT2D eigenvalue weighted by Crippen LogP contribution is 2.32. The highest BCUT2D eigenvalue weighted by Gasteiger charge is 2.24. The third-order valence-electron chi connectivity index (χ3n) is 4.58. The Morgan fingerprint density at radius 2 is 1.66 bits per heavy atom. The second kappa shape index (κ2) is 13.2. The maximum Gasteiger partial charge on any atom is 0.264 e. The topological polar surface area (TPSA) is 106 Å².